The fourth-order valence-electron chi connectivity index (χ4n) is 3.75. The summed E-state index contributed by atoms with van der Waals surface area (Å²) in [5.74, 6) is 0.286. The zero-order valence-corrected chi connectivity index (χ0v) is 17.1. The van der Waals surface area contributed by atoms with E-state index in [1.165, 1.54) is 4.09 Å². The number of nitrogens with zero attached hydrogens (tertiary/aromatic N) is 2. The minimum absolute atomic E-state index is 0. The molecule has 1 aliphatic rings. The molecular formula is C20H24ClN3O2S. The summed E-state index contributed by atoms with van der Waals surface area (Å²) in [7, 11) is -3.74. The van der Waals surface area contributed by atoms with E-state index in [0.29, 0.717) is 10.4 Å². The largest absolute Gasteiger partial charge is 0.317 e. The van der Waals surface area contributed by atoms with Gasteiger partial charge in [0.25, 0.3) is 10.0 Å². The predicted molar refractivity (Wildman–Crippen MR) is 110 cm³/mol. The Morgan fingerprint density at radius 2 is 1.78 bits per heavy atom. The van der Waals surface area contributed by atoms with Gasteiger partial charge in [-0.2, -0.15) is 17.6 Å². The van der Waals surface area contributed by atoms with Crippen molar-refractivity contribution in [2.75, 3.05) is 13.1 Å². The van der Waals surface area contributed by atoms with E-state index >= 15 is 0 Å². The van der Waals surface area contributed by atoms with Crippen LogP contribution in [0.1, 0.15) is 35.6 Å². The van der Waals surface area contributed by atoms with Crippen LogP contribution >= 0.6 is 12.4 Å². The van der Waals surface area contributed by atoms with Crippen molar-refractivity contribution in [3.05, 3.63) is 59.3 Å². The molecule has 2 heterocycles. The average molecular weight is 406 g/mol. The van der Waals surface area contributed by atoms with Crippen molar-refractivity contribution in [2.45, 2.75) is 37.5 Å². The summed E-state index contributed by atoms with van der Waals surface area (Å²) in [5.41, 5.74) is 3.40. The van der Waals surface area contributed by atoms with E-state index in [2.05, 4.69) is 16.5 Å². The highest BCUT2D eigenvalue weighted by Crippen LogP contribution is 2.33. The van der Waals surface area contributed by atoms with Crippen LogP contribution < -0.4 is 5.32 Å². The van der Waals surface area contributed by atoms with E-state index in [9.17, 15) is 8.42 Å². The number of aromatic nitrogens is 2. The van der Waals surface area contributed by atoms with Crippen molar-refractivity contribution < 1.29 is 8.42 Å². The molecular weight excluding hydrogens is 382 g/mol. The van der Waals surface area contributed by atoms with Crippen LogP contribution in [0.5, 0.6) is 0 Å². The van der Waals surface area contributed by atoms with Gasteiger partial charge in [0.2, 0.25) is 0 Å². The van der Waals surface area contributed by atoms with Crippen LogP contribution in [0.15, 0.2) is 47.4 Å². The highest BCUT2D eigenvalue weighted by molar-refractivity contribution is 7.90. The summed E-state index contributed by atoms with van der Waals surface area (Å²) >= 11 is 0. The molecule has 0 atom stereocenters. The van der Waals surface area contributed by atoms with Crippen LogP contribution in [-0.2, 0) is 10.0 Å². The standard InChI is InChI=1S/C20H23N3O2S.ClH/c1-14-7-8-18-17(13-14)20(16-9-11-21-12-10-16)22-23(18)26(24,25)19-6-4-3-5-15(19)2;/h3-8,13,16,21H,9-12H2,1-2H3;1H. The van der Waals surface area contributed by atoms with Crippen molar-refractivity contribution in [1.29, 1.82) is 0 Å². The molecule has 0 saturated carbocycles. The predicted octanol–water partition coefficient (Wildman–Crippen LogP) is 3.78. The number of benzene rings is 2. The van der Waals surface area contributed by atoms with Gasteiger partial charge in [0, 0.05) is 11.3 Å². The van der Waals surface area contributed by atoms with Gasteiger partial charge in [-0.3, -0.25) is 0 Å². The molecule has 0 amide bonds. The van der Waals surface area contributed by atoms with E-state index in [1.807, 2.05) is 38.1 Å². The van der Waals surface area contributed by atoms with Crippen molar-refractivity contribution >= 4 is 33.3 Å². The van der Waals surface area contributed by atoms with Crippen molar-refractivity contribution in [3.63, 3.8) is 0 Å². The fourth-order valence-corrected chi connectivity index (χ4v) is 5.27. The molecule has 5 nitrogen and oxygen atoms in total. The summed E-state index contributed by atoms with van der Waals surface area (Å²) in [4.78, 5) is 0.307. The van der Waals surface area contributed by atoms with Crippen molar-refractivity contribution in [3.8, 4) is 0 Å². The molecule has 4 rings (SSSR count). The highest BCUT2D eigenvalue weighted by atomic mass is 35.5. The first-order valence-corrected chi connectivity index (χ1v) is 10.4. The monoisotopic (exact) mass is 405 g/mol. The second-order valence-corrected chi connectivity index (χ2v) is 8.78. The Kier molecular flexibility index (Phi) is 5.60. The number of halogens is 1. The summed E-state index contributed by atoms with van der Waals surface area (Å²) in [6, 6.07) is 12.9. The molecule has 0 bridgehead atoms. The van der Waals surface area contributed by atoms with Gasteiger partial charge in [0.1, 0.15) is 0 Å². The Balaban J connectivity index is 0.00000210. The average Bonchev–Trinajstić information content (AvgIpc) is 3.02. The highest BCUT2D eigenvalue weighted by Gasteiger charge is 2.28. The number of hydrogen-bond donors (Lipinski definition) is 1. The molecule has 2 aromatic carbocycles. The van der Waals surface area contributed by atoms with Crippen molar-refractivity contribution in [2.24, 2.45) is 0 Å². The first-order chi connectivity index (χ1) is 12.5. The zero-order valence-electron chi connectivity index (χ0n) is 15.5. The molecule has 1 fully saturated rings. The molecule has 0 spiro atoms. The number of hydrogen-bond acceptors (Lipinski definition) is 4. The molecule has 1 aromatic heterocycles. The van der Waals surface area contributed by atoms with Crippen LogP contribution in [0, 0.1) is 13.8 Å². The van der Waals surface area contributed by atoms with Gasteiger partial charge in [-0.05, 0) is 63.5 Å². The van der Waals surface area contributed by atoms with E-state index in [4.69, 9.17) is 0 Å². The number of piperidine rings is 1. The molecule has 0 radical (unpaired) electrons. The third-order valence-electron chi connectivity index (χ3n) is 5.16. The van der Waals surface area contributed by atoms with Gasteiger partial charge in [-0.25, -0.2) is 0 Å². The number of fused-ring (bicyclic) bond motifs is 1. The summed E-state index contributed by atoms with van der Waals surface area (Å²) in [6.45, 7) is 5.72. The Morgan fingerprint density at radius 1 is 1.07 bits per heavy atom. The molecule has 27 heavy (non-hydrogen) atoms. The molecule has 3 aromatic rings. The minimum Gasteiger partial charge on any atom is -0.317 e. The Hall–Kier alpha value is -1.89. The smallest absolute Gasteiger partial charge is 0.283 e. The lowest BCUT2D eigenvalue weighted by Gasteiger charge is -2.21. The molecule has 0 unspecified atom stereocenters. The summed E-state index contributed by atoms with van der Waals surface area (Å²) in [5, 5.41) is 8.96. The van der Waals surface area contributed by atoms with Gasteiger partial charge >= 0.3 is 0 Å². The molecule has 1 saturated heterocycles. The summed E-state index contributed by atoms with van der Waals surface area (Å²) < 4.78 is 27.9. The van der Waals surface area contributed by atoms with E-state index < -0.39 is 10.0 Å². The van der Waals surface area contributed by atoms with Gasteiger partial charge in [-0.15, -0.1) is 12.4 Å². The van der Waals surface area contributed by atoms with Gasteiger partial charge in [-0.1, -0.05) is 29.8 Å². The SMILES string of the molecule is Cc1ccc2c(c1)c(C1CCNCC1)nn2S(=O)(=O)c1ccccc1C.Cl. The second kappa shape index (κ2) is 7.62. The quantitative estimate of drug-likeness (QED) is 0.720. The van der Waals surface area contributed by atoms with Crippen molar-refractivity contribution in [1.82, 2.24) is 14.5 Å². The first kappa shape index (κ1) is 19.9. The van der Waals surface area contributed by atoms with Crippen LogP contribution in [0.25, 0.3) is 10.9 Å². The molecule has 7 heteroatoms. The normalized spacial score (nSPS) is 15.6. The Morgan fingerprint density at radius 3 is 2.48 bits per heavy atom. The molecule has 0 aliphatic carbocycles. The fraction of sp³-hybridized carbons (Fsp3) is 0.350. The van der Waals surface area contributed by atoms with E-state index in [1.54, 1.807) is 12.1 Å². The Labute approximate surface area is 166 Å². The third kappa shape index (κ3) is 3.49. The molecule has 1 N–H and O–H groups in total. The topological polar surface area (TPSA) is 64.0 Å². The first-order valence-electron chi connectivity index (χ1n) is 8.99. The lowest BCUT2D eigenvalue weighted by Crippen LogP contribution is -2.27. The lowest BCUT2D eigenvalue weighted by atomic mass is 9.92. The van der Waals surface area contributed by atoms with Gasteiger partial charge in [0.15, 0.2) is 0 Å². The van der Waals surface area contributed by atoms with Crippen LogP contribution in [-0.4, -0.2) is 30.7 Å². The lowest BCUT2D eigenvalue weighted by molar-refractivity contribution is 0.453. The number of rotatable bonds is 3. The molecule has 144 valence electrons. The maximum absolute atomic E-state index is 13.3. The zero-order chi connectivity index (χ0) is 18.3. The van der Waals surface area contributed by atoms with Crippen LogP contribution in [0.4, 0.5) is 0 Å². The van der Waals surface area contributed by atoms with Gasteiger partial charge in [0.05, 0.1) is 16.1 Å². The van der Waals surface area contributed by atoms with E-state index in [-0.39, 0.29) is 18.3 Å². The van der Waals surface area contributed by atoms with Crippen LogP contribution in [0.3, 0.4) is 0 Å². The third-order valence-corrected chi connectivity index (χ3v) is 6.91. The maximum Gasteiger partial charge on any atom is 0.283 e. The summed E-state index contributed by atoms with van der Waals surface area (Å²) in [6.07, 6.45) is 1.95. The van der Waals surface area contributed by atoms with Gasteiger partial charge < -0.3 is 5.32 Å². The van der Waals surface area contributed by atoms with Crippen LogP contribution in [0.2, 0.25) is 0 Å². The molecule has 1 aliphatic heterocycles. The Bertz CT molecular complexity index is 1070. The van der Waals surface area contributed by atoms with E-state index in [0.717, 1.165) is 48.1 Å². The second-order valence-electron chi connectivity index (χ2n) is 7.04. The maximum atomic E-state index is 13.3. The minimum atomic E-state index is -3.74. The number of aryl methyl sites for hydroxylation is 2. The number of nitrogens with one attached hydrogen (secondary N) is 1.